The Bertz CT molecular complexity index is 590. The van der Waals surface area contributed by atoms with Crippen molar-refractivity contribution >= 4 is 29.1 Å². The number of hydrogen-bond acceptors (Lipinski definition) is 3. The molecule has 0 atom stereocenters. The number of hydrogen-bond donors (Lipinski definition) is 0. The molecule has 0 spiro atoms. The summed E-state index contributed by atoms with van der Waals surface area (Å²) < 4.78 is 0. The first kappa shape index (κ1) is 13.8. The van der Waals surface area contributed by atoms with E-state index < -0.39 is 0 Å². The average Bonchev–Trinajstić information content (AvgIpc) is 2.42. The van der Waals surface area contributed by atoms with Gasteiger partial charge in [-0.15, -0.1) is 10.2 Å². The quantitative estimate of drug-likeness (QED) is 0.874. The van der Waals surface area contributed by atoms with Crippen LogP contribution in [0.25, 0.3) is 0 Å². The summed E-state index contributed by atoms with van der Waals surface area (Å²) in [5, 5.41) is 7.39. The Kier molecular flexibility index (Phi) is 4.35. The zero-order valence-corrected chi connectivity index (χ0v) is 11.7. The van der Waals surface area contributed by atoms with Gasteiger partial charge in [-0.1, -0.05) is 53.5 Å². The second-order valence-corrected chi connectivity index (χ2v) is 4.76. The summed E-state index contributed by atoms with van der Waals surface area (Å²) in [4.78, 5) is 13.8. The molecular weight excluding hydrogens is 285 g/mol. The molecule has 0 fully saturated rings. The Morgan fingerprint density at radius 3 is 2.58 bits per heavy atom. The van der Waals surface area contributed by atoms with Crippen molar-refractivity contribution in [1.29, 1.82) is 0 Å². The molecule has 0 saturated heterocycles. The molecule has 98 valence electrons. The van der Waals surface area contributed by atoms with Crippen LogP contribution in [0, 0.1) is 0 Å². The second kappa shape index (κ2) is 5.99. The highest BCUT2D eigenvalue weighted by Gasteiger charge is 2.17. The van der Waals surface area contributed by atoms with Gasteiger partial charge in [-0.05, 0) is 11.6 Å². The Labute approximate surface area is 121 Å². The van der Waals surface area contributed by atoms with Crippen molar-refractivity contribution in [3.63, 3.8) is 0 Å². The van der Waals surface area contributed by atoms with Crippen LogP contribution >= 0.6 is 23.2 Å². The lowest BCUT2D eigenvalue weighted by Crippen LogP contribution is -2.26. The monoisotopic (exact) mass is 295 g/mol. The number of halogens is 2. The third kappa shape index (κ3) is 3.43. The molecule has 4 nitrogen and oxygen atoms in total. The normalized spacial score (nSPS) is 10.3. The van der Waals surface area contributed by atoms with E-state index in [9.17, 15) is 4.79 Å². The van der Waals surface area contributed by atoms with Gasteiger partial charge in [0.05, 0.1) is 5.56 Å². The predicted octanol–water partition coefficient (Wildman–Crippen LogP) is 3.06. The van der Waals surface area contributed by atoms with Gasteiger partial charge in [-0.2, -0.15) is 0 Å². The van der Waals surface area contributed by atoms with Crippen molar-refractivity contribution in [1.82, 2.24) is 15.1 Å². The smallest absolute Gasteiger partial charge is 0.257 e. The molecule has 1 aromatic heterocycles. The Balaban J connectivity index is 2.17. The summed E-state index contributed by atoms with van der Waals surface area (Å²) in [6.07, 6.45) is 0. The van der Waals surface area contributed by atoms with Gasteiger partial charge in [0.25, 0.3) is 5.91 Å². The summed E-state index contributed by atoms with van der Waals surface area (Å²) in [5.74, 6) is -0.245. The minimum atomic E-state index is -0.245. The molecule has 0 unspecified atom stereocenters. The molecule has 0 N–H and O–H groups in total. The second-order valence-electron chi connectivity index (χ2n) is 4.02. The van der Waals surface area contributed by atoms with Crippen LogP contribution in [0.3, 0.4) is 0 Å². The van der Waals surface area contributed by atoms with E-state index in [0.717, 1.165) is 5.56 Å². The van der Waals surface area contributed by atoms with Gasteiger partial charge in [0.2, 0.25) is 0 Å². The van der Waals surface area contributed by atoms with E-state index in [1.165, 1.54) is 6.07 Å². The van der Waals surface area contributed by atoms with E-state index in [1.54, 1.807) is 11.9 Å². The van der Waals surface area contributed by atoms with E-state index in [1.807, 2.05) is 30.3 Å². The zero-order valence-electron chi connectivity index (χ0n) is 10.2. The molecule has 19 heavy (non-hydrogen) atoms. The maximum absolute atomic E-state index is 12.2. The first-order chi connectivity index (χ1) is 9.08. The van der Waals surface area contributed by atoms with Crippen LogP contribution < -0.4 is 0 Å². The van der Waals surface area contributed by atoms with Gasteiger partial charge in [0.1, 0.15) is 0 Å². The number of nitrogens with zero attached hydrogens (tertiary/aromatic N) is 3. The average molecular weight is 296 g/mol. The van der Waals surface area contributed by atoms with Crippen LogP contribution in [0.5, 0.6) is 0 Å². The molecule has 0 aliphatic carbocycles. The van der Waals surface area contributed by atoms with Gasteiger partial charge in [0.15, 0.2) is 10.3 Å². The molecule has 2 rings (SSSR count). The summed E-state index contributed by atoms with van der Waals surface area (Å²) >= 11 is 11.6. The van der Waals surface area contributed by atoms with Crippen molar-refractivity contribution in [3.8, 4) is 0 Å². The van der Waals surface area contributed by atoms with E-state index in [4.69, 9.17) is 23.2 Å². The first-order valence-electron chi connectivity index (χ1n) is 5.56. The molecular formula is C13H11Cl2N3O. The van der Waals surface area contributed by atoms with Crippen molar-refractivity contribution in [2.24, 2.45) is 0 Å². The third-order valence-corrected chi connectivity index (χ3v) is 3.02. The Morgan fingerprint density at radius 2 is 1.89 bits per heavy atom. The van der Waals surface area contributed by atoms with Gasteiger partial charge in [0, 0.05) is 13.6 Å². The molecule has 6 heteroatoms. The van der Waals surface area contributed by atoms with Gasteiger partial charge < -0.3 is 4.90 Å². The van der Waals surface area contributed by atoms with Crippen LogP contribution in [-0.4, -0.2) is 28.1 Å². The lowest BCUT2D eigenvalue weighted by Gasteiger charge is -2.17. The minimum absolute atomic E-state index is 0.0503. The fraction of sp³-hybridized carbons (Fsp3) is 0.154. The highest BCUT2D eigenvalue weighted by Crippen LogP contribution is 2.17. The van der Waals surface area contributed by atoms with Gasteiger partial charge >= 0.3 is 0 Å². The molecule has 0 bridgehead atoms. The number of carbonyl (C=O) groups excluding carboxylic acids is 1. The van der Waals surface area contributed by atoms with E-state index in [-0.39, 0.29) is 21.8 Å². The van der Waals surface area contributed by atoms with Crippen molar-refractivity contribution in [2.75, 3.05) is 7.05 Å². The van der Waals surface area contributed by atoms with Crippen molar-refractivity contribution < 1.29 is 4.79 Å². The van der Waals surface area contributed by atoms with E-state index >= 15 is 0 Å². The zero-order chi connectivity index (χ0) is 13.8. The van der Waals surface area contributed by atoms with Crippen LogP contribution in [0.4, 0.5) is 0 Å². The number of carbonyl (C=O) groups is 1. The summed E-state index contributed by atoms with van der Waals surface area (Å²) in [7, 11) is 1.69. The van der Waals surface area contributed by atoms with Crippen molar-refractivity contribution in [2.45, 2.75) is 6.54 Å². The number of rotatable bonds is 3. The van der Waals surface area contributed by atoms with Crippen LogP contribution in [0.15, 0.2) is 36.4 Å². The molecule has 1 amide bonds. The van der Waals surface area contributed by atoms with Crippen LogP contribution in [-0.2, 0) is 6.54 Å². The van der Waals surface area contributed by atoms with E-state index in [0.29, 0.717) is 6.54 Å². The SMILES string of the molecule is CN(Cc1ccccc1)C(=O)c1cc(Cl)nnc1Cl. The maximum atomic E-state index is 12.2. The van der Waals surface area contributed by atoms with Gasteiger partial charge in [-0.25, -0.2) is 0 Å². The number of aromatic nitrogens is 2. The summed E-state index contributed by atoms with van der Waals surface area (Å²) in [6, 6.07) is 11.1. The Morgan fingerprint density at radius 1 is 1.21 bits per heavy atom. The highest BCUT2D eigenvalue weighted by molar-refractivity contribution is 6.34. The molecule has 0 aliphatic heterocycles. The number of benzene rings is 1. The molecule has 0 radical (unpaired) electrons. The molecule has 1 aromatic carbocycles. The predicted molar refractivity (Wildman–Crippen MR) is 74.3 cm³/mol. The standard InChI is InChI=1S/C13H11Cl2N3O/c1-18(8-9-5-3-2-4-6-9)13(19)10-7-11(14)16-17-12(10)15/h2-7H,8H2,1H3. The first-order valence-corrected chi connectivity index (χ1v) is 6.31. The molecule has 0 aliphatic rings. The summed E-state index contributed by atoms with van der Waals surface area (Å²) in [5.41, 5.74) is 1.28. The summed E-state index contributed by atoms with van der Waals surface area (Å²) in [6.45, 7) is 0.482. The highest BCUT2D eigenvalue weighted by atomic mass is 35.5. The van der Waals surface area contributed by atoms with Crippen molar-refractivity contribution in [3.05, 3.63) is 57.8 Å². The Hall–Kier alpha value is -1.65. The molecule has 2 aromatic rings. The van der Waals surface area contributed by atoms with Gasteiger partial charge in [-0.3, -0.25) is 4.79 Å². The third-order valence-electron chi connectivity index (χ3n) is 2.56. The van der Waals surface area contributed by atoms with Crippen LogP contribution in [0.2, 0.25) is 10.3 Å². The molecule has 0 saturated carbocycles. The topological polar surface area (TPSA) is 46.1 Å². The van der Waals surface area contributed by atoms with E-state index in [2.05, 4.69) is 10.2 Å². The fourth-order valence-corrected chi connectivity index (χ4v) is 1.96. The maximum Gasteiger partial charge on any atom is 0.257 e. The lowest BCUT2D eigenvalue weighted by molar-refractivity contribution is 0.0784. The molecule has 1 heterocycles. The van der Waals surface area contributed by atoms with Crippen LogP contribution in [0.1, 0.15) is 15.9 Å². The largest absolute Gasteiger partial charge is 0.337 e. The fourth-order valence-electron chi connectivity index (χ4n) is 1.64. The number of amides is 1. The minimum Gasteiger partial charge on any atom is -0.337 e. The lowest BCUT2D eigenvalue weighted by atomic mass is 10.2.